The molecule has 3 aliphatic rings. The summed E-state index contributed by atoms with van der Waals surface area (Å²) in [6.07, 6.45) is 3.70. The first-order chi connectivity index (χ1) is 13.9. The van der Waals surface area contributed by atoms with Gasteiger partial charge < -0.3 is 14.5 Å². The van der Waals surface area contributed by atoms with E-state index in [-0.39, 0.29) is 35.3 Å². The van der Waals surface area contributed by atoms with Crippen LogP contribution in [0.2, 0.25) is 0 Å². The quantitative estimate of drug-likeness (QED) is 0.734. The van der Waals surface area contributed by atoms with Crippen molar-refractivity contribution in [2.24, 2.45) is 5.92 Å². The fourth-order valence-electron chi connectivity index (χ4n) is 3.77. The monoisotopic (exact) mass is 421 g/mol. The summed E-state index contributed by atoms with van der Waals surface area (Å²) in [6, 6.07) is 6.01. The molecule has 0 aromatic heterocycles. The third-order valence-electron chi connectivity index (χ3n) is 5.74. The van der Waals surface area contributed by atoms with Gasteiger partial charge in [0.25, 0.3) is 5.91 Å². The first-order valence-corrected chi connectivity index (χ1v) is 11.7. The molecule has 1 atom stereocenters. The van der Waals surface area contributed by atoms with Gasteiger partial charge in [0.15, 0.2) is 0 Å². The molecule has 1 aromatic carbocycles. The second-order valence-corrected chi connectivity index (χ2v) is 9.67. The van der Waals surface area contributed by atoms with E-state index in [4.69, 9.17) is 4.74 Å². The fourth-order valence-corrected chi connectivity index (χ4v) is 4.84. The molecule has 0 radical (unpaired) electrons. The van der Waals surface area contributed by atoms with Crippen molar-refractivity contribution in [1.82, 2.24) is 14.5 Å². The Morgan fingerprint density at radius 3 is 2.24 bits per heavy atom. The van der Waals surface area contributed by atoms with Gasteiger partial charge in [-0.15, -0.1) is 0 Å². The standard InChI is InChI=1S/C20H27N3O5S/c24-19(15-3-4-15)22-9-11-23(12-10-22)20(25)16-5-7-18(8-6-16)29(26,27)21-14-17-2-1-13-28-17/h5-8,15,17,21H,1-4,9-14H2/t17-/m1/s1. The Morgan fingerprint density at radius 1 is 1.00 bits per heavy atom. The lowest BCUT2D eigenvalue weighted by atomic mass is 10.1. The maximum atomic E-state index is 12.7. The second kappa shape index (κ2) is 8.41. The minimum atomic E-state index is -3.63. The minimum Gasteiger partial charge on any atom is -0.377 e. The molecule has 158 valence electrons. The molecule has 8 nitrogen and oxygen atoms in total. The zero-order valence-corrected chi connectivity index (χ0v) is 17.2. The van der Waals surface area contributed by atoms with Gasteiger partial charge in [0.05, 0.1) is 11.0 Å². The average molecular weight is 422 g/mol. The number of sulfonamides is 1. The molecule has 2 aliphatic heterocycles. The van der Waals surface area contributed by atoms with Crippen molar-refractivity contribution in [2.45, 2.75) is 36.7 Å². The van der Waals surface area contributed by atoms with Crippen LogP contribution in [0.3, 0.4) is 0 Å². The van der Waals surface area contributed by atoms with Crippen LogP contribution in [0.25, 0.3) is 0 Å². The number of ether oxygens (including phenoxy) is 1. The number of nitrogens with one attached hydrogen (secondary N) is 1. The number of amides is 2. The highest BCUT2D eigenvalue weighted by atomic mass is 32.2. The van der Waals surface area contributed by atoms with E-state index in [1.165, 1.54) is 12.1 Å². The highest BCUT2D eigenvalue weighted by Crippen LogP contribution is 2.31. The molecule has 9 heteroatoms. The van der Waals surface area contributed by atoms with E-state index in [1.807, 2.05) is 4.90 Å². The predicted molar refractivity (Wildman–Crippen MR) is 106 cm³/mol. The topological polar surface area (TPSA) is 96.0 Å². The van der Waals surface area contributed by atoms with Crippen LogP contribution in [-0.4, -0.2) is 75.5 Å². The molecule has 4 rings (SSSR count). The van der Waals surface area contributed by atoms with Gasteiger partial charge >= 0.3 is 0 Å². The van der Waals surface area contributed by atoms with Crippen LogP contribution >= 0.6 is 0 Å². The van der Waals surface area contributed by atoms with E-state index in [0.29, 0.717) is 38.3 Å². The summed E-state index contributed by atoms with van der Waals surface area (Å²) in [5, 5.41) is 0. The molecule has 1 N–H and O–H groups in total. The number of hydrogen-bond acceptors (Lipinski definition) is 5. The van der Waals surface area contributed by atoms with Gasteiger partial charge in [-0.25, -0.2) is 13.1 Å². The molecule has 2 saturated heterocycles. The van der Waals surface area contributed by atoms with Crippen LogP contribution in [-0.2, 0) is 19.6 Å². The van der Waals surface area contributed by atoms with Crippen molar-refractivity contribution in [1.29, 1.82) is 0 Å². The van der Waals surface area contributed by atoms with Crippen LogP contribution < -0.4 is 4.72 Å². The summed E-state index contributed by atoms with van der Waals surface area (Å²) in [5.41, 5.74) is 0.449. The molecular weight excluding hydrogens is 394 g/mol. The number of carbonyl (C=O) groups is 2. The van der Waals surface area contributed by atoms with E-state index in [9.17, 15) is 18.0 Å². The molecule has 0 bridgehead atoms. The van der Waals surface area contributed by atoms with Crippen LogP contribution in [0.1, 0.15) is 36.0 Å². The SMILES string of the molecule is O=C(c1ccc(S(=O)(=O)NC[C@H]2CCCO2)cc1)N1CCN(C(=O)C2CC2)CC1. The number of piperazine rings is 1. The van der Waals surface area contributed by atoms with Crippen molar-refractivity contribution >= 4 is 21.8 Å². The summed E-state index contributed by atoms with van der Waals surface area (Å²) in [4.78, 5) is 28.5. The van der Waals surface area contributed by atoms with Gasteiger partial charge in [-0.1, -0.05) is 0 Å². The summed E-state index contributed by atoms with van der Waals surface area (Å²) >= 11 is 0. The summed E-state index contributed by atoms with van der Waals surface area (Å²) in [6.45, 7) is 3.04. The largest absolute Gasteiger partial charge is 0.377 e. The molecule has 3 fully saturated rings. The normalized spacial score (nSPS) is 22.7. The van der Waals surface area contributed by atoms with E-state index < -0.39 is 10.0 Å². The van der Waals surface area contributed by atoms with Crippen molar-refractivity contribution in [3.8, 4) is 0 Å². The van der Waals surface area contributed by atoms with Crippen molar-refractivity contribution in [3.63, 3.8) is 0 Å². The van der Waals surface area contributed by atoms with E-state index in [0.717, 1.165) is 25.7 Å². The molecule has 2 amide bonds. The number of nitrogens with zero attached hydrogens (tertiary/aromatic N) is 2. The minimum absolute atomic E-state index is 0.0731. The molecule has 0 spiro atoms. The Morgan fingerprint density at radius 2 is 1.66 bits per heavy atom. The summed E-state index contributed by atoms with van der Waals surface area (Å²) in [5.74, 6) is 0.266. The highest BCUT2D eigenvalue weighted by Gasteiger charge is 2.35. The molecule has 29 heavy (non-hydrogen) atoms. The van der Waals surface area contributed by atoms with Crippen LogP contribution in [0, 0.1) is 5.92 Å². The lowest BCUT2D eigenvalue weighted by Crippen LogP contribution is -2.51. The van der Waals surface area contributed by atoms with Gasteiger partial charge in [0, 0.05) is 50.8 Å². The maximum Gasteiger partial charge on any atom is 0.253 e. The number of carbonyl (C=O) groups excluding carboxylic acids is 2. The fraction of sp³-hybridized carbons (Fsp3) is 0.600. The molecule has 1 saturated carbocycles. The van der Waals surface area contributed by atoms with E-state index in [1.54, 1.807) is 17.0 Å². The van der Waals surface area contributed by atoms with E-state index >= 15 is 0 Å². The smallest absolute Gasteiger partial charge is 0.253 e. The number of rotatable bonds is 6. The third kappa shape index (κ3) is 4.79. The summed E-state index contributed by atoms with van der Waals surface area (Å²) < 4.78 is 32.9. The number of hydrogen-bond donors (Lipinski definition) is 1. The van der Waals surface area contributed by atoms with Crippen LogP contribution in [0.4, 0.5) is 0 Å². The van der Waals surface area contributed by atoms with Gasteiger partial charge in [-0.3, -0.25) is 9.59 Å². The maximum absolute atomic E-state index is 12.7. The Bertz CT molecular complexity index is 853. The van der Waals surface area contributed by atoms with Crippen molar-refractivity contribution in [2.75, 3.05) is 39.3 Å². The molecule has 2 heterocycles. The predicted octanol–water partition coefficient (Wildman–Crippen LogP) is 0.838. The number of benzene rings is 1. The molecule has 1 aromatic rings. The van der Waals surface area contributed by atoms with Gasteiger partial charge in [0.2, 0.25) is 15.9 Å². The molecule has 0 unspecified atom stereocenters. The molecule has 1 aliphatic carbocycles. The summed E-state index contributed by atoms with van der Waals surface area (Å²) in [7, 11) is -3.63. The van der Waals surface area contributed by atoms with Crippen LogP contribution in [0.5, 0.6) is 0 Å². The van der Waals surface area contributed by atoms with Crippen molar-refractivity contribution in [3.05, 3.63) is 29.8 Å². The average Bonchev–Trinajstić information content (AvgIpc) is 3.47. The lowest BCUT2D eigenvalue weighted by Gasteiger charge is -2.35. The lowest BCUT2D eigenvalue weighted by molar-refractivity contribution is -0.134. The Balaban J connectivity index is 1.32. The van der Waals surface area contributed by atoms with Gasteiger partial charge in [-0.2, -0.15) is 0 Å². The first kappa shape index (κ1) is 20.3. The Labute approximate surface area is 171 Å². The van der Waals surface area contributed by atoms with E-state index in [2.05, 4.69) is 4.72 Å². The molecular formula is C20H27N3O5S. The zero-order valence-electron chi connectivity index (χ0n) is 16.4. The zero-order chi connectivity index (χ0) is 20.4. The van der Waals surface area contributed by atoms with Gasteiger partial charge in [0.1, 0.15) is 0 Å². The second-order valence-electron chi connectivity index (χ2n) is 7.90. The third-order valence-corrected chi connectivity index (χ3v) is 7.18. The Hall–Kier alpha value is -1.97. The highest BCUT2D eigenvalue weighted by molar-refractivity contribution is 7.89. The van der Waals surface area contributed by atoms with Gasteiger partial charge in [-0.05, 0) is 49.9 Å². The van der Waals surface area contributed by atoms with Crippen molar-refractivity contribution < 1.29 is 22.7 Å². The van der Waals surface area contributed by atoms with Crippen LogP contribution in [0.15, 0.2) is 29.2 Å². The Kier molecular flexibility index (Phi) is 5.89. The first-order valence-electron chi connectivity index (χ1n) is 10.2.